The van der Waals surface area contributed by atoms with Crippen molar-refractivity contribution in [1.82, 2.24) is 15.2 Å². The highest BCUT2D eigenvalue weighted by Gasteiger charge is 2.10. The van der Waals surface area contributed by atoms with Gasteiger partial charge in [-0.25, -0.2) is 4.98 Å². The van der Waals surface area contributed by atoms with Gasteiger partial charge in [-0.2, -0.15) is 5.10 Å². The number of pyridine rings is 1. The van der Waals surface area contributed by atoms with Crippen LogP contribution in [-0.4, -0.2) is 15.2 Å². The molecule has 0 aliphatic heterocycles. The molecule has 6 heteroatoms. The summed E-state index contributed by atoms with van der Waals surface area (Å²) in [5.41, 5.74) is 11.8. The van der Waals surface area contributed by atoms with Crippen molar-refractivity contribution in [2.24, 2.45) is 0 Å². The van der Waals surface area contributed by atoms with E-state index in [0.29, 0.717) is 12.4 Å². The van der Waals surface area contributed by atoms with Crippen LogP contribution in [0.1, 0.15) is 22.3 Å². The summed E-state index contributed by atoms with van der Waals surface area (Å²) in [5.74, 6) is 1.30. The zero-order valence-electron chi connectivity index (χ0n) is 16.6. The first-order valence-corrected chi connectivity index (χ1v) is 9.59. The van der Waals surface area contributed by atoms with Crippen LogP contribution in [0.4, 0.5) is 17.3 Å². The molecule has 0 fully saturated rings. The SMILES string of the molecule is Cc1cc2c(N)nccc2c(C)c1CNc1cc(NCc2ccccc2)cnn1. The molecule has 4 aromatic rings. The number of nitrogen functional groups attached to an aromatic ring is 1. The number of nitrogens with one attached hydrogen (secondary N) is 2. The summed E-state index contributed by atoms with van der Waals surface area (Å²) in [4.78, 5) is 4.20. The second-order valence-electron chi connectivity index (χ2n) is 7.11. The molecule has 0 bridgehead atoms. The van der Waals surface area contributed by atoms with E-state index in [1.165, 1.54) is 22.3 Å². The van der Waals surface area contributed by atoms with Crippen LogP contribution in [-0.2, 0) is 13.1 Å². The Balaban J connectivity index is 1.49. The third-order valence-corrected chi connectivity index (χ3v) is 5.15. The lowest BCUT2D eigenvalue weighted by Crippen LogP contribution is -2.07. The number of nitrogens with zero attached hydrogens (tertiary/aromatic N) is 3. The number of aromatic nitrogens is 3. The number of aryl methyl sites for hydroxylation is 2. The monoisotopic (exact) mass is 384 g/mol. The average molecular weight is 384 g/mol. The predicted octanol–water partition coefficient (Wildman–Crippen LogP) is 4.45. The molecule has 2 aromatic heterocycles. The predicted molar refractivity (Wildman–Crippen MR) is 119 cm³/mol. The Morgan fingerprint density at radius 2 is 1.76 bits per heavy atom. The van der Waals surface area contributed by atoms with Gasteiger partial charge >= 0.3 is 0 Å². The Bertz CT molecular complexity index is 1140. The van der Waals surface area contributed by atoms with Gasteiger partial charge in [-0.15, -0.1) is 5.10 Å². The van der Waals surface area contributed by atoms with Gasteiger partial charge in [-0.1, -0.05) is 30.3 Å². The topological polar surface area (TPSA) is 88.8 Å². The van der Waals surface area contributed by atoms with Crippen molar-refractivity contribution in [2.45, 2.75) is 26.9 Å². The molecule has 4 N–H and O–H groups in total. The van der Waals surface area contributed by atoms with Gasteiger partial charge in [0.2, 0.25) is 0 Å². The lowest BCUT2D eigenvalue weighted by atomic mass is 9.96. The lowest BCUT2D eigenvalue weighted by Gasteiger charge is -2.15. The molecular weight excluding hydrogens is 360 g/mol. The first-order chi connectivity index (χ1) is 14.1. The number of nitrogens with two attached hydrogens (primary N) is 1. The van der Waals surface area contributed by atoms with Gasteiger partial charge in [0, 0.05) is 30.7 Å². The van der Waals surface area contributed by atoms with Crippen molar-refractivity contribution in [3.63, 3.8) is 0 Å². The summed E-state index contributed by atoms with van der Waals surface area (Å²) in [5, 5.41) is 17.2. The number of hydrogen-bond donors (Lipinski definition) is 3. The highest BCUT2D eigenvalue weighted by atomic mass is 15.2. The van der Waals surface area contributed by atoms with E-state index in [2.05, 4.69) is 57.9 Å². The van der Waals surface area contributed by atoms with Crippen molar-refractivity contribution in [2.75, 3.05) is 16.4 Å². The molecule has 2 heterocycles. The summed E-state index contributed by atoms with van der Waals surface area (Å²) in [6.45, 7) is 5.62. The van der Waals surface area contributed by atoms with Crippen LogP contribution in [0.15, 0.2) is 60.9 Å². The van der Waals surface area contributed by atoms with Crippen molar-refractivity contribution >= 4 is 28.1 Å². The Morgan fingerprint density at radius 3 is 2.59 bits per heavy atom. The van der Waals surface area contributed by atoms with E-state index in [-0.39, 0.29) is 0 Å². The molecule has 2 aromatic carbocycles. The minimum atomic E-state index is 0.566. The molecule has 0 unspecified atom stereocenters. The quantitative estimate of drug-likeness (QED) is 0.455. The molecule has 0 atom stereocenters. The van der Waals surface area contributed by atoms with Gasteiger partial charge < -0.3 is 16.4 Å². The molecule has 0 saturated heterocycles. The molecule has 6 nitrogen and oxygen atoms in total. The van der Waals surface area contributed by atoms with Crippen LogP contribution >= 0.6 is 0 Å². The van der Waals surface area contributed by atoms with Crippen molar-refractivity contribution in [3.8, 4) is 0 Å². The van der Waals surface area contributed by atoms with Gasteiger partial charge in [0.1, 0.15) is 5.82 Å². The number of fused-ring (bicyclic) bond motifs is 1. The maximum atomic E-state index is 6.04. The maximum absolute atomic E-state index is 6.04. The van der Waals surface area contributed by atoms with Crippen LogP contribution in [0, 0.1) is 13.8 Å². The van der Waals surface area contributed by atoms with Crippen LogP contribution < -0.4 is 16.4 Å². The van der Waals surface area contributed by atoms with Crippen LogP contribution in [0.25, 0.3) is 10.8 Å². The van der Waals surface area contributed by atoms with Gasteiger partial charge in [0.25, 0.3) is 0 Å². The Kier molecular flexibility index (Phi) is 5.24. The minimum Gasteiger partial charge on any atom is -0.383 e. The molecule has 146 valence electrons. The summed E-state index contributed by atoms with van der Waals surface area (Å²) in [7, 11) is 0. The molecule has 0 aliphatic rings. The van der Waals surface area contributed by atoms with Gasteiger partial charge in [0.15, 0.2) is 5.82 Å². The highest BCUT2D eigenvalue weighted by Crippen LogP contribution is 2.28. The molecule has 0 radical (unpaired) electrons. The third-order valence-electron chi connectivity index (χ3n) is 5.15. The van der Waals surface area contributed by atoms with Crippen molar-refractivity contribution < 1.29 is 0 Å². The first-order valence-electron chi connectivity index (χ1n) is 9.59. The zero-order chi connectivity index (χ0) is 20.2. The summed E-state index contributed by atoms with van der Waals surface area (Å²) < 4.78 is 0. The molecule has 4 rings (SSSR count). The van der Waals surface area contributed by atoms with Gasteiger partial charge in [-0.05, 0) is 53.6 Å². The van der Waals surface area contributed by atoms with Crippen LogP contribution in [0.2, 0.25) is 0 Å². The molecule has 0 saturated carbocycles. The Hall–Kier alpha value is -3.67. The first kappa shape index (κ1) is 18.7. The van der Waals surface area contributed by atoms with E-state index in [9.17, 15) is 0 Å². The summed E-state index contributed by atoms with van der Waals surface area (Å²) in [6, 6.07) is 16.4. The molecule has 0 spiro atoms. The van der Waals surface area contributed by atoms with E-state index >= 15 is 0 Å². The normalized spacial score (nSPS) is 10.8. The standard InChI is InChI=1S/C23H24N6/c1-15-10-20-19(8-9-25-23(20)24)16(2)21(15)14-27-22-11-18(13-28-29-22)26-12-17-6-4-3-5-7-17/h3-11,13H,12,14H2,1-2H3,(H2,24,25)(H2,26,27,29). The molecule has 29 heavy (non-hydrogen) atoms. The number of rotatable bonds is 6. The Labute approximate surface area is 170 Å². The fourth-order valence-corrected chi connectivity index (χ4v) is 3.53. The number of anilines is 3. The molecule has 0 amide bonds. The van der Waals surface area contributed by atoms with Gasteiger partial charge in [0.05, 0.1) is 11.9 Å². The minimum absolute atomic E-state index is 0.566. The van der Waals surface area contributed by atoms with E-state index < -0.39 is 0 Å². The van der Waals surface area contributed by atoms with E-state index in [0.717, 1.165) is 28.8 Å². The van der Waals surface area contributed by atoms with Crippen molar-refractivity contribution in [1.29, 1.82) is 0 Å². The average Bonchev–Trinajstić information content (AvgIpc) is 2.74. The highest BCUT2D eigenvalue weighted by molar-refractivity contribution is 5.94. The largest absolute Gasteiger partial charge is 0.383 e. The van der Waals surface area contributed by atoms with E-state index in [1.807, 2.05) is 30.3 Å². The van der Waals surface area contributed by atoms with Crippen LogP contribution in [0.3, 0.4) is 0 Å². The lowest BCUT2D eigenvalue weighted by molar-refractivity contribution is 0.987. The molecular formula is C23H24N6. The second-order valence-corrected chi connectivity index (χ2v) is 7.11. The van der Waals surface area contributed by atoms with E-state index in [1.54, 1.807) is 12.4 Å². The molecule has 0 aliphatic carbocycles. The number of hydrogen-bond acceptors (Lipinski definition) is 6. The zero-order valence-corrected chi connectivity index (χ0v) is 16.6. The second kappa shape index (κ2) is 8.14. The van der Waals surface area contributed by atoms with Crippen molar-refractivity contribution in [3.05, 3.63) is 83.2 Å². The Morgan fingerprint density at radius 1 is 0.931 bits per heavy atom. The maximum Gasteiger partial charge on any atom is 0.150 e. The fourth-order valence-electron chi connectivity index (χ4n) is 3.53. The number of benzene rings is 2. The summed E-state index contributed by atoms with van der Waals surface area (Å²) in [6.07, 6.45) is 3.49. The fraction of sp³-hybridized carbons (Fsp3) is 0.174. The third kappa shape index (κ3) is 4.11. The smallest absolute Gasteiger partial charge is 0.150 e. The van der Waals surface area contributed by atoms with E-state index in [4.69, 9.17) is 5.73 Å². The van der Waals surface area contributed by atoms with Crippen LogP contribution in [0.5, 0.6) is 0 Å². The summed E-state index contributed by atoms with van der Waals surface area (Å²) >= 11 is 0. The van der Waals surface area contributed by atoms with Gasteiger partial charge in [-0.3, -0.25) is 0 Å².